The maximum absolute atomic E-state index is 11.0. The van der Waals surface area contributed by atoms with Gasteiger partial charge in [-0.2, -0.15) is 5.10 Å². The van der Waals surface area contributed by atoms with Crippen LogP contribution in [0.5, 0.6) is 0 Å². The van der Waals surface area contributed by atoms with E-state index < -0.39 is 5.91 Å². The molecule has 5 nitrogen and oxygen atoms in total. The van der Waals surface area contributed by atoms with Gasteiger partial charge in [0, 0.05) is 22.7 Å². The molecule has 3 rings (SSSR count). The number of fused-ring (bicyclic) bond motifs is 1. The molecule has 0 fully saturated rings. The van der Waals surface area contributed by atoms with E-state index in [1.165, 1.54) is 6.08 Å². The van der Waals surface area contributed by atoms with E-state index in [0.29, 0.717) is 11.6 Å². The van der Waals surface area contributed by atoms with E-state index >= 15 is 0 Å². The van der Waals surface area contributed by atoms with Gasteiger partial charge >= 0.3 is 0 Å². The summed E-state index contributed by atoms with van der Waals surface area (Å²) in [6.45, 7) is 0.590. The van der Waals surface area contributed by atoms with Crippen LogP contribution in [0, 0.1) is 0 Å². The summed E-state index contributed by atoms with van der Waals surface area (Å²) in [5, 5.41) is 14.7. The monoisotopic (exact) mass is 327 g/mol. The van der Waals surface area contributed by atoms with Crippen molar-refractivity contribution in [2.75, 3.05) is 0 Å². The summed E-state index contributed by atoms with van der Waals surface area (Å²) in [5.74, 6) is -0.570. The number of benzene rings is 2. The minimum Gasteiger partial charge on any atom is -0.288 e. The van der Waals surface area contributed by atoms with Gasteiger partial charge in [-0.05, 0) is 35.4 Å². The Kier molecular flexibility index (Phi) is 4.41. The highest BCUT2D eigenvalue weighted by molar-refractivity contribution is 6.31. The lowest BCUT2D eigenvalue weighted by molar-refractivity contribution is -0.124. The molecule has 1 heterocycles. The van der Waals surface area contributed by atoms with Gasteiger partial charge in [-0.15, -0.1) is 0 Å². The Labute approximate surface area is 137 Å². The van der Waals surface area contributed by atoms with Gasteiger partial charge in [-0.25, -0.2) is 5.48 Å². The smallest absolute Gasteiger partial charge is 0.267 e. The summed E-state index contributed by atoms with van der Waals surface area (Å²) >= 11 is 6.17. The van der Waals surface area contributed by atoms with E-state index in [0.717, 1.165) is 22.0 Å². The third-order valence-corrected chi connectivity index (χ3v) is 3.77. The molecule has 0 atom stereocenters. The standard InChI is InChI=1S/C17H14ClN3O2/c18-15-4-2-1-3-13(15)10-21-11-14-9-12(5-7-16(14)19-21)6-8-17(22)20-23/h1-9,11,23H,10H2,(H,20,22)/b8-6+. The van der Waals surface area contributed by atoms with Crippen LogP contribution in [0.2, 0.25) is 5.02 Å². The number of nitrogens with one attached hydrogen (secondary N) is 1. The first-order valence-corrected chi connectivity index (χ1v) is 7.36. The molecule has 0 spiro atoms. The van der Waals surface area contributed by atoms with Gasteiger partial charge in [0.15, 0.2) is 0 Å². The summed E-state index contributed by atoms with van der Waals surface area (Å²) < 4.78 is 1.83. The Morgan fingerprint density at radius 3 is 2.91 bits per heavy atom. The Morgan fingerprint density at radius 2 is 2.13 bits per heavy atom. The van der Waals surface area contributed by atoms with Crippen LogP contribution in [0.4, 0.5) is 0 Å². The number of aromatic nitrogens is 2. The molecule has 116 valence electrons. The fourth-order valence-corrected chi connectivity index (χ4v) is 2.49. The van der Waals surface area contributed by atoms with Crippen molar-refractivity contribution in [3.63, 3.8) is 0 Å². The van der Waals surface area contributed by atoms with Gasteiger partial charge in [-0.1, -0.05) is 35.9 Å². The fourth-order valence-electron chi connectivity index (χ4n) is 2.29. The molecule has 3 aromatic rings. The van der Waals surface area contributed by atoms with Gasteiger partial charge in [0.2, 0.25) is 0 Å². The Bertz CT molecular complexity index is 886. The van der Waals surface area contributed by atoms with Crippen molar-refractivity contribution in [1.29, 1.82) is 0 Å². The Balaban J connectivity index is 1.86. The van der Waals surface area contributed by atoms with Gasteiger partial charge in [0.05, 0.1) is 12.1 Å². The third kappa shape index (κ3) is 3.59. The van der Waals surface area contributed by atoms with Crippen molar-refractivity contribution in [3.05, 3.63) is 70.9 Å². The molecule has 2 aromatic carbocycles. The SMILES string of the molecule is O=C(/C=C/c1ccc2nn(Cc3ccccc3Cl)cc2c1)NO. The highest BCUT2D eigenvalue weighted by atomic mass is 35.5. The molecule has 0 aliphatic rings. The molecule has 0 radical (unpaired) electrons. The quantitative estimate of drug-likeness (QED) is 0.439. The first-order valence-electron chi connectivity index (χ1n) is 6.98. The highest BCUT2D eigenvalue weighted by Crippen LogP contribution is 2.19. The molecule has 2 N–H and O–H groups in total. The lowest BCUT2D eigenvalue weighted by Crippen LogP contribution is -2.14. The van der Waals surface area contributed by atoms with Crippen molar-refractivity contribution in [2.45, 2.75) is 6.54 Å². The molecule has 0 aliphatic carbocycles. The van der Waals surface area contributed by atoms with Crippen LogP contribution in [0.1, 0.15) is 11.1 Å². The van der Waals surface area contributed by atoms with Gasteiger partial charge in [0.1, 0.15) is 0 Å². The lowest BCUT2D eigenvalue weighted by Gasteiger charge is -2.03. The second-order valence-corrected chi connectivity index (χ2v) is 5.45. The van der Waals surface area contributed by atoms with Crippen LogP contribution in [-0.4, -0.2) is 20.9 Å². The largest absolute Gasteiger partial charge is 0.288 e. The number of carbonyl (C=O) groups excluding carboxylic acids is 1. The molecule has 23 heavy (non-hydrogen) atoms. The van der Waals surface area contributed by atoms with Crippen LogP contribution in [0.3, 0.4) is 0 Å². The fraction of sp³-hybridized carbons (Fsp3) is 0.0588. The summed E-state index contributed by atoms with van der Waals surface area (Å²) in [5.41, 5.74) is 4.26. The maximum atomic E-state index is 11.0. The molecule has 0 bridgehead atoms. The summed E-state index contributed by atoms with van der Waals surface area (Å²) in [7, 11) is 0. The first-order chi connectivity index (χ1) is 11.2. The molecular formula is C17H14ClN3O2. The van der Waals surface area contributed by atoms with Crippen LogP contribution in [0.15, 0.2) is 54.7 Å². The normalized spacial score (nSPS) is 11.2. The van der Waals surface area contributed by atoms with Crippen molar-refractivity contribution in [2.24, 2.45) is 0 Å². The van der Waals surface area contributed by atoms with Gasteiger partial charge < -0.3 is 0 Å². The number of nitrogens with zero attached hydrogens (tertiary/aromatic N) is 2. The maximum Gasteiger partial charge on any atom is 0.267 e. The third-order valence-electron chi connectivity index (χ3n) is 3.40. The number of amides is 1. The van der Waals surface area contributed by atoms with Crippen LogP contribution < -0.4 is 5.48 Å². The van der Waals surface area contributed by atoms with Crippen LogP contribution in [-0.2, 0) is 11.3 Å². The second-order valence-electron chi connectivity index (χ2n) is 5.05. The van der Waals surface area contributed by atoms with E-state index in [4.69, 9.17) is 16.8 Å². The number of rotatable bonds is 4. The molecule has 0 saturated carbocycles. The highest BCUT2D eigenvalue weighted by Gasteiger charge is 2.04. The second kappa shape index (κ2) is 6.64. The first kappa shape index (κ1) is 15.3. The van der Waals surface area contributed by atoms with E-state index in [9.17, 15) is 4.79 Å². The number of carbonyl (C=O) groups is 1. The van der Waals surface area contributed by atoms with Crippen molar-refractivity contribution in [1.82, 2.24) is 15.3 Å². The van der Waals surface area contributed by atoms with Gasteiger partial charge in [-0.3, -0.25) is 14.7 Å². The van der Waals surface area contributed by atoms with E-state index in [1.807, 2.05) is 53.3 Å². The molecule has 0 aliphatic heterocycles. The lowest BCUT2D eigenvalue weighted by atomic mass is 10.1. The molecule has 0 unspecified atom stereocenters. The molecule has 0 saturated heterocycles. The summed E-state index contributed by atoms with van der Waals surface area (Å²) in [4.78, 5) is 11.0. The zero-order valence-electron chi connectivity index (χ0n) is 12.1. The summed E-state index contributed by atoms with van der Waals surface area (Å²) in [6, 6.07) is 13.3. The predicted molar refractivity (Wildman–Crippen MR) is 89.3 cm³/mol. The molecule has 6 heteroatoms. The van der Waals surface area contributed by atoms with Crippen LogP contribution in [0.25, 0.3) is 17.0 Å². The minimum atomic E-state index is -0.570. The van der Waals surface area contributed by atoms with Crippen molar-refractivity contribution >= 4 is 34.5 Å². The molecule has 1 aromatic heterocycles. The van der Waals surface area contributed by atoms with Crippen molar-refractivity contribution < 1.29 is 10.0 Å². The number of hydrogen-bond acceptors (Lipinski definition) is 3. The average Bonchev–Trinajstić information content (AvgIpc) is 2.96. The predicted octanol–water partition coefficient (Wildman–Crippen LogP) is 3.26. The Morgan fingerprint density at radius 1 is 1.30 bits per heavy atom. The minimum absolute atomic E-state index is 0.570. The zero-order chi connectivity index (χ0) is 16.2. The molecule has 1 amide bonds. The average molecular weight is 328 g/mol. The number of hydrogen-bond donors (Lipinski definition) is 2. The van der Waals surface area contributed by atoms with Gasteiger partial charge in [0.25, 0.3) is 5.91 Å². The number of hydroxylamine groups is 1. The van der Waals surface area contributed by atoms with Crippen LogP contribution >= 0.6 is 11.6 Å². The van der Waals surface area contributed by atoms with E-state index in [-0.39, 0.29) is 0 Å². The van der Waals surface area contributed by atoms with E-state index in [1.54, 1.807) is 11.6 Å². The van der Waals surface area contributed by atoms with E-state index in [2.05, 4.69) is 5.10 Å². The number of halogens is 1. The zero-order valence-corrected chi connectivity index (χ0v) is 12.9. The molecular weight excluding hydrogens is 314 g/mol. The Hall–Kier alpha value is -2.63. The van der Waals surface area contributed by atoms with Crippen molar-refractivity contribution in [3.8, 4) is 0 Å². The topological polar surface area (TPSA) is 67.2 Å². The summed E-state index contributed by atoms with van der Waals surface area (Å²) in [6.07, 6.45) is 4.81.